The van der Waals surface area contributed by atoms with Gasteiger partial charge in [-0.25, -0.2) is 4.39 Å². The standard InChI is InChI=1S/C16H20FNS/c1-11(10-14-6-4-5-7-15(14)17)18-13(3)16-9-8-12(2)19-16/h4-9,11,13,18H,10H2,1-3H3. The summed E-state index contributed by atoms with van der Waals surface area (Å²) in [5.41, 5.74) is 0.775. The fourth-order valence-electron chi connectivity index (χ4n) is 2.25. The van der Waals surface area contributed by atoms with Gasteiger partial charge in [0.1, 0.15) is 5.82 Å². The Labute approximate surface area is 118 Å². The van der Waals surface area contributed by atoms with Crippen molar-refractivity contribution in [3.63, 3.8) is 0 Å². The van der Waals surface area contributed by atoms with E-state index < -0.39 is 0 Å². The lowest BCUT2D eigenvalue weighted by Crippen LogP contribution is -2.30. The molecule has 1 nitrogen and oxygen atoms in total. The Morgan fingerprint density at radius 1 is 1.16 bits per heavy atom. The fourth-order valence-corrected chi connectivity index (χ4v) is 3.14. The van der Waals surface area contributed by atoms with Gasteiger partial charge in [0.05, 0.1) is 0 Å². The molecular formula is C16H20FNS. The molecule has 0 amide bonds. The van der Waals surface area contributed by atoms with Crippen LogP contribution in [0.1, 0.15) is 35.2 Å². The Morgan fingerprint density at radius 2 is 1.89 bits per heavy atom. The molecule has 1 N–H and O–H groups in total. The quantitative estimate of drug-likeness (QED) is 0.850. The van der Waals surface area contributed by atoms with Crippen LogP contribution in [-0.2, 0) is 6.42 Å². The van der Waals surface area contributed by atoms with Crippen LogP contribution in [-0.4, -0.2) is 6.04 Å². The highest BCUT2D eigenvalue weighted by Crippen LogP contribution is 2.23. The number of hydrogen-bond acceptors (Lipinski definition) is 2. The van der Waals surface area contributed by atoms with Gasteiger partial charge in [0.15, 0.2) is 0 Å². The lowest BCUT2D eigenvalue weighted by molar-refractivity contribution is 0.473. The number of halogens is 1. The van der Waals surface area contributed by atoms with E-state index in [1.54, 1.807) is 6.07 Å². The molecule has 2 rings (SSSR count). The monoisotopic (exact) mass is 277 g/mol. The SMILES string of the molecule is Cc1ccc(C(C)NC(C)Cc2ccccc2F)s1. The van der Waals surface area contributed by atoms with Gasteiger partial charge in [0.25, 0.3) is 0 Å². The van der Waals surface area contributed by atoms with Gasteiger partial charge in [-0.3, -0.25) is 0 Å². The molecule has 0 aliphatic carbocycles. The van der Waals surface area contributed by atoms with Crippen molar-refractivity contribution in [3.8, 4) is 0 Å². The highest BCUT2D eigenvalue weighted by atomic mass is 32.1. The van der Waals surface area contributed by atoms with Crippen molar-refractivity contribution in [2.24, 2.45) is 0 Å². The van der Waals surface area contributed by atoms with Crippen molar-refractivity contribution < 1.29 is 4.39 Å². The van der Waals surface area contributed by atoms with Crippen LogP contribution >= 0.6 is 11.3 Å². The summed E-state index contributed by atoms with van der Waals surface area (Å²) in [6.07, 6.45) is 0.710. The summed E-state index contributed by atoms with van der Waals surface area (Å²) in [6, 6.07) is 11.8. The first kappa shape index (κ1) is 14.2. The topological polar surface area (TPSA) is 12.0 Å². The Bertz CT molecular complexity index is 535. The van der Waals surface area contributed by atoms with Crippen LogP contribution in [0.3, 0.4) is 0 Å². The van der Waals surface area contributed by atoms with E-state index in [2.05, 4.69) is 38.2 Å². The van der Waals surface area contributed by atoms with E-state index in [9.17, 15) is 4.39 Å². The molecule has 0 bridgehead atoms. The maximum absolute atomic E-state index is 13.6. The van der Waals surface area contributed by atoms with E-state index in [-0.39, 0.29) is 11.9 Å². The fraction of sp³-hybridized carbons (Fsp3) is 0.375. The maximum Gasteiger partial charge on any atom is 0.126 e. The van der Waals surface area contributed by atoms with Crippen molar-refractivity contribution >= 4 is 11.3 Å². The van der Waals surface area contributed by atoms with Crippen LogP contribution in [0.2, 0.25) is 0 Å². The summed E-state index contributed by atoms with van der Waals surface area (Å²) < 4.78 is 13.6. The molecule has 0 saturated carbocycles. The molecule has 0 aliphatic heterocycles. The summed E-state index contributed by atoms with van der Waals surface area (Å²) in [5.74, 6) is -0.115. The summed E-state index contributed by atoms with van der Waals surface area (Å²) in [6.45, 7) is 6.37. The maximum atomic E-state index is 13.6. The molecule has 0 aliphatic rings. The minimum Gasteiger partial charge on any atom is -0.307 e. The second kappa shape index (κ2) is 6.31. The lowest BCUT2D eigenvalue weighted by atomic mass is 10.1. The molecule has 1 aromatic carbocycles. The van der Waals surface area contributed by atoms with E-state index >= 15 is 0 Å². The summed E-state index contributed by atoms with van der Waals surface area (Å²) in [5, 5.41) is 3.53. The molecule has 1 aromatic heterocycles. The third-order valence-electron chi connectivity index (χ3n) is 3.21. The first-order valence-corrected chi connectivity index (χ1v) is 7.43. The first-order chi connectivity index (χ1) is 9.06. The van der Waals surface area contributed by atoms with E-state index in [0.29, 0.717) is 12.5 Å². The number of thiophene rings is 1. The molecule has 3 heteroatoms. The molecule has 2 unspecified atom stereocenters. The molecular weight excluding hydrogens is 257 g/mol. The third-order valence-corrected chi connectivity index (χ3v) is 4.39. The lowest BCUT2D eigenvalue weighted by Gasteiger charge is -2.19. The molecule has 1 heterocycles. The first-order valence-electron chi connectivity index (χ1n) is 6.62. The average molecular weight is 277 g/mol. The number of aryl methyl sites for hydroxylation is 1. The van der Waals surface area contributed by atoms with Crippen LogP contribution < -0.4 is 5.32 Å². The number of hydrogen-bond donors (Lipinski definition) is 1. The Hall–Kier alpha value is -1.19. The predicted molar refractivity (Wildman–Crippen MR) is 80.2 cm³/mol. The van der Waals surface area contributed by atoms with Crippen LogP contribution in [0, 0.1) is 12.7 Å². The van der Waals surface area contributed by atoms with Crippen LogP contribution in [0.25, 0.3) is 0 Å². The van der Waals surface area contributed by atoms with Gasteiger partial charge in [-0.05, 0) is 51.0 Å². The van der Waals surface area contributed by atoms with E-state index in [4.69, 9.17) is 0 Å². The van der Waals surface area contributed by atoms with Crippen molar-refractivity contribution in [3.05, 3.63) is 57.5 Å². The normalized spacial score (nSPS) is 14.3. The highest BCUT2D eigenvalue weighted by Gasteiger charge is 2.12. The molecule has 0 spiro atoms. The van der Waals surface area contributed by atoms with Gasteiger partial charge >= 0.3 is 0 Å². The molecule has 0 fully saturated rings. The molecule has 0 saturated heterocycles. The second-order valence-corrected chi connectivity index (χ2v) is 6.35. The summed E-state index contributed by atoms with van der Waals surface area (Å²) in [4.78, 5) is 2.66. The van der Waals surface area contributed by atoms with Gasteiger partial charge in [-0.2, -0.15) is 0 Å². The van der Waals surface area contributed by atoms with Crippen LogP contribution in [0.15, 0.2) is 36.4 Å². The molecule has 2 aromatic rings. The smallest absolute Gasteiger partial charge is 0.126 e. The van der Waals surface area contributed by atoms with Crippen molar-refractivity contribution in [2.75, 3.05) is 0 Å². The van der Waals surface area contributed by atoms with E-state index in [0.717, 1.165) is 5.56 Å². The van der Waals surface area contributed by atoms with Crippen LogP contribution in [0.4, 0.5) is 4.39 Å². The zero-order valence-corrected chi connectivity index (χ0v) is 12.4. The Morgan fingerprint density at radius 3 is 2.53 bits per heavy atom. The number of rotatable bonds is 5. The van der Waals surface area contributed by atoms with Crippen molar-refractivity contribution in [2.45, 2.75) is 39.3 Å². The van der Waals surface area contributed by atoms with E-state index in [1.807, 2.05) is 23.5 Å². The third kappa shape index (κ3) is 3.88. The van der Waals surface area contributed by atoms with Crippen molar-refractivity contribution in [1.82, 2.24) is 5.32 Å². The predicted octanol–water partition coefficient (Wildman–Crippen LogP) is 4.48. The van der Waals surface area contributed by atoms with Gasteiger partial charge in [0.2, 0.25) is 0 Å². The number of benzene rings is 1. The van der Waals surface area contributed by atoms with Crippen LogP contribution in [0.5, 0.6) is 0 Å². The van der Waals surface area contributed by atoms with Gasteiger partial charge in [-0.1, -0.05) is 18.2 Å². The molecule has 19 heavy (non-hydrogen) atoms. The van der Waals surface area contributed by atoms with Crippen molar-refractivity contribution in [1.29, 1.82) is 0 Å². The van der Waals surface area contributed by atoms with Gasteiger partial charge in [-0.15, -0.1) is 11.3 Å². The van der Waals surface area contributed by atoms with E-state index in [1.165, 1.54) is 15.8 Å². The molecule has 0 radical (unpaired) electrons. The zero-order valence-electron chi connectivity index (χ0n) is 11.6. The summed E-state index contributed by atoms with van der Waals surface area (Å²) >= 11 is 1.81. The molecule has 102 valence electrons. The zero-order chi connectivity index (χ0) is 13.8. The highest BCUT2D eigenvalue weighted by molar-refractivity contribution is 7.12. The Balaban J connectivity index is 1.94. The Kier molecular flexibility index (Phi) is 4.72. The average Bonchev–Trinajstić information content (AvgIpc) is 2.79. The summed E-state index contributed by atoms with van der Waals surface area (Å²) in [7, 11) is 0. The largest absolute Gasteiger partial charge is 0.307 e. The van der Waals surface area contributed by atoms with Gasteiger partial charge in [0, 0.05) is 21.8 Å². The minimum absolute atomic E-state index is 0.115. The molecule has 2 atom stereocenters. The number of nitrogens with one attached hydrogen (secondary N) is 1. The second-order valence-electron chi connectivity index (χ2n) is 5.03. The van der Waals surface area contributed by atoms with Gasteiger partial charge < -0.3 is 5.32 Å². The minimum atomic E-state index is -0.115.